The lowest BCUT2D eigenvalue weighted by Gasteiger charge is -2.38. The number of hydrogen-bond acceptors (Lipinski definition) is 3. The van der Waals surface area contributed by atoms with Crippen LogP contribution in [0.1, 0.15) is 43.7 Å². The molecule has 2 fully saturated rings. The van der Waals surface area contributed by atoms with Crippen LogP contribution in [0.2, 0.25) is 0 Å². The zero-order valence-corrected chi connectivity index (χ0v) is 14.3. The van der Waals surface area contributed by atoms with Crippen LogP contribution in [-0.4, -0.2) is 28.8 Å². The Morgan fingerprint density at radius 1 is 1.32 bits per heavy atom. The number of amides is 4. The zero-order valence-electron chi connectivity index (χ0n) is 14.3. The first-order valence-corrected chi connectivity index (χ1v) is 8.99. The molecule has 1 aliphatic heterocycles. The molecule has 1 heterocycles. The van der Waals surface area contributed by atoms with Gasteiger partial charge in [0, 0.05) is 0 Å². The standard InChI is InChI=1S/C19H23N3O3/c1-11(12-6-4-7-12)15(16(20)23)22-17(24)19(21-18(22)25)10-9-13-5-2-3-8-14(13)19/h2-3,5,8,11-12,15H,4,6-7,9-10H2,1H3,(H2,20,23)(H,21,25)/t11-,15?,19+/m1/s1. The van der Waals surface area contributed by atoms with E-state index in [1.165, 1.54) is 0 Å². The summed E-state index contributed by atoms with van der Waals surface area (Å²) < 4.78 is 0. The van der Waals surface area contributed by atoms with Crippen LogP contribution in [0, 0.1) is 11.8 Å². The van der Waals surface area contributed by atoms with E-state index in [1.807, 2.05) is 31.2 Å². The molecule has 1 unspecified atom stereocenters. The first kappa shape index (κ1) is 16.1. The highest BCUT2D eigenvalue weighted by molar-refractivity contribution is 6.10. The minimum absolute atomic E-state index is 0.118. The Bertz CT molecular complexity index is 758. The van der Waals surface area contributed by atoms with Crippen molar-refractivity contribution >= 4 is 17.8 Å². The topological polar surface area (TPSA) is 92.5 Å². The molecule has 1 aromatic carbocycles. The van der Waals surface area contributed by atoms with Gasteiger partial charge in [0.2, 0.25) is 5.91 Å². The van der Waals surface area contributed by atoms with E-state index in [9.17, 15) is 14.4 Å². The summed E-state index contributed by atoms with van der Waals surface area (Å²) in [5.41, 5.74) is 6.50. The first-order valence-electron chi connectivity index (χ1n) is 8.99. The van der Waals surface area contributed by atoms with Crippen LogP contribution in [-0.2, 0) is 21.5 Å². The number of nitrogens with two attached hydrogens (primary N) is 1. The van der Waals surface area contributed by atoms with Gasteiger partial charge in [-0.3, -0.25) is 9.59 Å². The molecule has 0 bridgehead atoms. The number of benzene rings is 1. The summed E-state index contributed by atoms with van der Waals surface area (Å²) in [4.78, 5) is 39.3. The third-order valence-corrected chi connectivity index (χ3v) is 6.33. The number of primary amides is 1. The second-order valence-electron chi connectivity index (χ2n) is 7.57. The number of nitrogens with one attached hydrogen (secondary N) is 1. The summed E-state index contributed by atoms with van der Waals surface area (Å²) >= 11 is 0. The van der Waals surface area contributed by atoms with Crippen LogP contribution in [0.15, 0.2) is 24.3 Å². The summed E-state index contributed by atoms with van der Waals surface area (Å²) in [7, 11) is 0. The molecule has 3 aliphatic rings. The number of urea groups is 1. The molecule has 1 saturated heterocycles. The number of carbonyl (C=O) groups excluding carboxylic acids is 3. The molecule has 0 aromatic heterocycles. The van der Waals surface area contributed by atoms with E-state index < -0.39 is 23.5 Å². The van der Waals surface area contributed by atoms with Crippen molar-refractivity contribution in [2.45, 2.75) is 50.6 Å². The third-order valence-electron chi connectivity index (χ3n) is 6.33. The summed E-state index contributed by atoms with van der Waals surface area (Å²) in [5.74, 6) is -0.720. The van der Waals surface area contributed by atoms with E-state index in [2.05, 4.69) is 5.32 Å². The summed E-state index contributed by atoms with van der Waals surface area (Å²) in [5, 5.41) is 2.88. The van der Waals surface area contributed by atoms with Crippen molar-refractivity contribution in [3.8, 4) is 0 Å². The molecule has 1 spiro atoms. The summed E-state index contributed by atoms with van der Waals surface area (Å²) in [6.07, 6.45) is 4.41. The lowest BCUT2D eigenvalue weighted by molar-refractivity contribution is -0.140. The van der Waals surface area contributed by atoms with Gasteiger partial charge < -0.3 is 11.1 Å². The van der Waals surface area contributed by atoms with Crippen molar-refractivity contribution in [3.05, 3.63) is 35.4 Å². The van der Waals surface area contributed by atoms with E-state index in [-0.39, 0.29) is 11.8 Å². The smallest absolute Gasteiger partial charge is 0.326 e. The van der Waals surface area contributed by atoms with Gasteiger partial charge in [-0.05, 0) is 35.8 Å². The Labute approximate surface area is 146 Å². The minimum atomic E-state index is -1.04. The van der Waals surface area contributed by atoms with Crippen LogP contribution >= 0.6 is 0 Å². The third kappa shape index (κ3) is 2.19. The number of fused-ring (bicyclic) bond motifs is 2. The number of aryl methyl sites for hydroxylation is 1. The molecule has 3 N–H and O–H groups in total. The van der Waals surface area contributed by atoms with Crippen molar-refractivity contribution < 1.29 is 14.4 Å². The first-order chi connectivity index (χ1) is 12.0. The van der Waals surface area contributed by atoms with Crippen molar-refractivity contribution in [3.63, 3.8) is 0 Å². The highest BCUT2D eigenvalue weighted by Gasteiger charge is 2.58. The molecular formula is C19H23N3O3. The second kappa shape index (κ2) is 5.58. The second-order valence-corrected chi connectivity index (χ2v) is 7.57. The molecule has 2 aliphatic carbocycles. The molecule has 1 aromatic rings. The van der Waals surface area contributed by atoms with Crippen molar-refractivity contribution in [1.29, 1.82) is 0 Å². The SMILES string of the molecule is C[C@H](C1CCC1)C(C(N)=O)N1C(=O)N[C@]2(CCc3ccccc32)C1=O. The van der Waals surface area contributed by atoms with E-state index in [4.69, 9.17) is 5.73 Å². The number of rotatable bonds is 4. The fraction of sp³-hybridized carbons (Fsp3) is 0.526. The van der Waals surface area contributed by atoms with Crippen LogP contribution in [0.3, 0.4) is 0 Å². The van der Waals surface area contributed by atoms with Gasteiger partial charge in [0.05, 0.1) is 0 Å². The average Bonchev–Trinajstić information content (AvgIpc) is 3.00. The Balaban J connectivity index is 1.71. The Kier molecular flexibility index (Phi) is 3.60. The van der Waals surface area contributed by atoms with Crippen molar-refractivity contribution in [2.24, 2.45) is 17.6 Å². The number of hydrogen-bond donors (Lipinski definition) is 2. The lowest BCUT2D eigenvalue weighted by Crippen LogP contribution is -2.54. The van der Waals surface area contributed by atoms with E-state index in [0.717, 1.165) is 41.7 Å². The highest BCUT2D eigenvalue weighted by Crippen LogP contribution is 2.44. The maximum atomic E-state index is 13.3. The van der Waals surface area contributed by atoms with Crippen LogP contribution in [0.5, 0.6) is 0 Å². The van der Waals surface area contributed by atoms with Gasteiger partial charge in [0.1, 0.15) is 11.6 Å². The molecule has 6 nitrogen and oxygen atoms in total. The predicted octanol–water partition coefficient (Wildman–Crippen LogP) is 1.67. The molecule has 25 heavy (non-hydrogen) atoms. The normalized spacial score (nSPS) is 27.8. The zero-order chi connectivity index (χ0) is 17.8. The Morgan fingerprint density at radius 2 is 2.04 bits per heavy atom. The molecular weight excluding hydrogens is 318 g/mol. The van der Waals surface area contributed by atoms with Gasteiger partial charge in [-0.2, -0.15) is 0 Å². The van der Waals surface area contributed by atoms with Crippen LogP contribution in [0.25, 0.3) is 0 Å². The van der Waals surface area contributed by atoms with Gasteiger partial charge in [0.15, 0.2) is 0 Å². The predicted molar refractivity (Wildman–Crippen MR) is 91.3 cm³/mol. The van der Waals surface area contributed by atoms with E-state index >= 15 is 0 Å². The van der Waals surface area contributed by atoms with Crippen LogP contribution < -0.4 is 11.1 Å². The maximum Gasteiger partial charge on any atom is 0.326 e. The largest absolute Gasteiger partial charge is 0.368 e. The quantitative estimate of drug-likeness (QED) is 0.816. The molecule has 4 amide bonds. The Hall–Kier alpha value is -2.37. The monoisotopic (exact) mass is 341 g/mol. The molecule has 6 heteroatoms. The fourth-order valence-electron chi connectivity index (χ4n) is 4.66. The average molecular weight is 341 g/mol. The van der Waals surface area contributed by atoms with Gasteiger partial charge in [-0.15, -0.1) is 0 Å². The van der Waals surface area contributed by atoms with Gasteiger partial charge in [-0.25, -0.2) is 9.69 Å². The summed E-state index contributed by atoms with van der Waals surface area (Å²) in [6.45, 7) is 1.92. The lowest BCUT2D eigenvalue weighted by atomic mass is 9.73. The molecule has 132 valence electrons. The number of carbonyl (C=O) groups is 3. The van der Waals surface area contributed by atoms with Gasteiger partial charge >= 0.3 is 6.03 Å². The maximum absolute atomic E-state index is 13.3. The molecule has 1 saturated carbocycles. The fourth-order valence-corrected chi connectivity index (χ4v) is 4.66. The van der Waals surface area contributed by atoms with Crippen molar-refractivity contribution in [2.75, 3.05) is 0 Å². The van der Waals surface area contributed by atoms with Gasteiger partial charge in [0.25, 0.3) is 5.91 Å². The Morgan fingerprint density at radius 3 is 2.68 bits per heavy atom. The van der Waals surface area contributed by atoms with E-state index in [0.29, 0.717) is 12.3 Å². The number of imide groups is 1. The minimum Gasteiger partial charge on any atom is -0.368 e. The van der Waals surface area contributed by atoms with Gasteiger partial charge in [-0.1, -0.05) is 50.5 Å². The molecule has 0 radical (unpaired) electrons. The summed E-state index contributed by atoms with van der Waals surface area (Å²) in [6, 6.07) is 6.28. The van der Waals surface area contributed by atoms with Crippen LogP contribution in [0.4, 0.5) is 4.79 Å². The van der Waals surface area contributed by atoms with Crippen molar-refractivity contribution in [1.82, 2.24) is 10.2 Å². The van der Waals surface area contributed by atoms with E-state index in [1.54, 1.807) is 0 Å². The molecule has 4 rings (SSSR count). The molecule has 3 atom stereocenters. The highest BCUT2D eigenvalue weighted by atomic mass is 16.2. The number of nitrogens with zero attached hydrogens (tertiary/aromatic N) is 1.